The van der Waals surface area contributed by atoms with Gasteiger partial charge in [0, 0.05) is 36.6 Å². The number of hydrogen-bond acceptors (Lipinski definition) is 7. The Labute approximate surface area is 204 Å². The highest BCUT2D eigenvalue weighted by molar-refractivity contribution is 7.17. The monoisotopic (exact) mass is 487 g/mol. The summed E-state index contributed by atoms with van der Waals surface area (Å²) in [5.41, 5.74) is 2.14. The van der Waals surface area contributed by atoms with Gasteiger partial charge in [0.05, 0.1) is 26.9 Å². The Kier molecular flexibility index (Phi) is 7.33. The second kappa shape index (κ2) is 10.2. The lowest BCUT2D eigenvalue weighted by Crippen LogP contribution is -2.47. The van der Waals surface area contributed by atoms with Gasteiger partial charge in [-0.25, -0.2) is 0 Å². The zero-order valence-electron chi connectivity index (χ0n) is 20.5. The highest BCUT2D eigenvalue weighted by Crippen LogP contribution is 2.42. The number of ether oxygens (including phenoxy) is 3. The van der Waals surface area contributed by atoms with Gasteiger partial charge in [0.2, 0.25) is 5.75 Å². The average molecular weight is 488 g/mol. The number of methoxy groups -OCH3 is 3. The maximum atomic E-state index is 13.7. The minimum atomic E-state index is -0.321. The molecule has 1 aliphatic carbocycles. The zero-order chi connectivity index (χ0) is 24.4. The summed E-state index contributed by atoms with van der Waals surface area (Å²) in [6.45, 7) is 5.32. The highest BCUT2D eigenvalue weighted by Gasteiger charge is 2.32. The molecule has 2 heterocycles. The average Bonchev–Trinajstić information content (AvgIpc) is 3.19. The fraction of sp³-hybridized carbons (Fsp3) is 0.520. The third-order valence-corrected chi connectivity index (χ3v) is 7.84. The van der Waals surface area contributed by atoms with Crippen molar-refractivity contribution in [1.82, 2.24) is 9.80 Å². The Morgan fingerprint density at radius 1 is 1.03 bits per heavy atom. The number of amides is 2. The molecule has 1 unspecified atom stereocenters. The summed E-state index contributed by atoms with van der Waals surface area (Å²) in [5.74, 6) is 1.49. The predicted molar refractivity (Wildman–Crippen MR) is 133 cm³/mol. The molecule has 1 aromatic heterocycles. The first-order chi connectivity index (χ1) is 16.4. The van der Waals surface area contributed by atoms with Crippen LogP contribution in [0, 0.1) is 5.92 Å². The SMILES string of the molecule is COc1cc(C(=O)Nc2sc3c(c2C(=O)N2CCN(C)CC2)CCC(C)C3)cc(OC)c1OC. The van der Waals surface area contributed by atoms with Crippen molar-refractivity contribution in [3.05, 3.63) is 33.7 Å². The summed E-state index contributed by atoms with van der Waals surface area (Å²) < 4.78 is 16.2. The van der Waals surface area contributed by atoms with Crippen LogP contribution in [0.2, 0.25) is 0 Å². The van der Waals surface area contributed by atoms with E-state index in [-0.39, 0.29) is 11.8 Å². The molecule has 184 valence electrons. The minimum Gasteiger partial charge on any atom is -0.493 e. The molecule has 2 aliphatic rings. The number of likely N-dealkylation sites (N-methyl/N-ethyl adjacent to an activating group) is 1. The third kappa shape index (κ3) is 4.72. The maximum Gasteiger partial charge on any atom is 0.257 e. The van der Waals surface area contributed by atoms with Crippen LogP contribution < -0.4 is 19.5 Å². The van der Waals surface area contributed by atoms with Crippen molar-refractivity contribution in [2.24, 2.45) is 5.92 Å². The summed E-state index contributed by atoms with van der Waals surface area (Å²) in [4.78, 5) is 32.3. The quantitative estimate of drug-likeness (QED) is 0.672. The van der Waals surface area contributed by atoms with Crippen molar-refractivity contribution in [3.63, 3.8) is 0 Å². The lowest BCUT2D eigenvalue weighted by Gasteiger charge is -2.33. The number of rotatable bonds is 6. The largest absolute Gasteiger partial charge is 0.493 e. The molecule has 1 aromatic carbocycles. The Bertz CT molecular complexity index is 1050. The summed E-state index contributed by atoms with van der Waals surface area (Å²) in [5, 5.41) is 3.66. The van der Waals surface area contributed by atoms with Gasteiger partial charge in [0.25, 0.3) is 11.8 Å². The molecule has 1 aliphatic heterocycles. The van der Waals surface area contributed by atoms with E-state index in [0.717, 1.165) is 37.9 Å². The van der Waals surface area contributed by atoms with Crippen LogP contribution in [-0.2, 0) is 12.8 Å². The maximum absolute atomic E-state index is 13.7. The van der Waals surface area contributed by atoms with Crippen LogP contribution in [0.3, 0.4) is 0 Å². The van der Waals surface area contributed by atoms with Gasteiger partial charge in [-0.05, 0) is 49.9 Å². The molecule has 4 rings (SSSR count). The Morgan fingerprint density at radius 2 is 1.68 bits per heavy atom. The first kappa shape index (κ1) is 24.3. The third-order valence-electron chi connectivity index (χ3n) is 6.67. The van der Waals surface area contributed by atoms with E-state index in [1.807, 2.05) is 4.90 Å². The van der Waals surface area contributed by atoms with Crippen molar-refractivity contribution in [2.75, 3.05) is 59.9 Å². The van der Waals surface area contributed by atoms with Gasteiger partial charge < -0.3 is 29.3 Å². The number of carbonyl (C=O) groups is 2. The van der Waals surface area contributed by atoms with Crippen LogP contribution in [0.15, 0.2) is 12.1 Å². The highest BCUT2D eigenvalue weighted by atomic mass is 32.1. The van der Waals surface area contributed by atoms with Crippen LogP contribution in [0.25, 0.3) is 0 Å². The topological polar surface area (TPSA) is 80.3 Å². The van der Waals surface area contributed by atoms with Gasteiger partial charge in [-0.1, -0.05) is 6.92 Å². The standard InChI is InChI=1S/C25H33N3O5S/c1-15-6-7-17-20(12-15)34-24(21(17)25(30)28-10-8-27(2)9-11-28)26-23(29)16-13-18(31-3)22(33-5)19(14-16)32-4/h13-15H,6-12H2,1-5H3,(H,26,29). The summed E-state index contributed by atoms with van der Waals surface area (Å²) in [6, 6.07) is 3.24. The first-order valence-corrected chi connectivity index (χ1v) is 12.4. The van der Waals surface area contributed by atoms with Crippen LogP contribution in [0.1, 0.15) is 44.5 Å². The molecular formula is C25H33N3O5S. The number of nitrogens with zero attached hydrogens (tertiary/aromatic N) is 2. The Morgan fingerprint density at radius 3 is 2.26 bits per heavy atom. The van der Waals surface area contributed by atoms with Gasteiger partial charge in [-0.2, -0.15) is 0 Å². The lowest BCUT2D eigenvalue weighted by molar-refractivity contribution is 0.0664. The van der Waals surface area contributed by atoms with Crippen LogP contribution in [0.4, 0.5) is 5.00 Å². The fourth-order valence-electron chi connectivity index (χ4n) is 4.62. The number of carbonyl (C=O) groups excluding carboxylic acids is 2. The molecule has 1 fully saturated rings. The van der Waals surface area contributed by atoms with Gasteiger partial charge in [0.15, 0.2) is 11.5 Å². The molecular weight excluding hydrogens is 454 g/mol. The summed E-state index contributed by atoms with van der Waals surface area (Å²) in [6.07, 6.45) is 2.85. The molecule has 8 nitrogen and oxygen atoms in total. The van der Waals surface area contributed by atoms with Crippen molar-refractivity contribution in [3.8, 4) is 17.2 Å². The first-order valence-electron chi connectivity index (χ1n) is 11.6. The molecule has 0 spiro atoms. The van der Waals surface area contributed by atoms with Gasteiger partial charge in [-0.15, -0.1) is 11.3 Å². The number of nitrogens with one attached hydrogen (secondary N) is 1. The molecule has 2 amide bonds. The normalized spacial score (nSPS) is 18.3. The molecule has 0 bridgehead atoms. The van der Waals surface area contributed by atoms with E-state index < -0.39 is 0 Å². The second-order valence-electron chi connectivity index (χ2n) is 9.02. The lowest BCUT2D eigenvalue weighted by atomic mass is 9.88. The van der Waals surface area contributed by atoms with Crippen LogP contribution >= 0.6 is 11.3 Å². The zero-order valence-corrected chi connectivity index (χ0v) is 21.3. The van der Waals surface area contributed by atoms with Crippen molar-refractivity contribution in [2.45, 2.75) is 26.2 Å². The molecule has 0 saturated carbocycles. The fourth-order valence-corrected chi connectivity index (χ4v) is 6.02. The molecule has 9 heteroatoms. The smallest absolute Gasteiger partial charge is 0.257 e. The van der Waals surface area contributed by atoms with E-state index in [4.69, 9.17) is 14.2 Å². The predicted octanol–water partition coefficient (Wildman–Crippen LogP) is 3.54. The Balaban J connectivity index is 1.68. The van der Waals surface area contributed by atoms with E-state index >= 15 is 0 Å². The molecule has 1 atom stereocenters. The number of anilines is 1. The Hall–Kier alpha value is -2.78. The van der Waals surface area contributed by atoms with Gasteiger partial charge in [0.1, 0.15) is 5.00 Å². The van der Waals surface area contributed by atoms with Gasteiger partial charge in [-0.3, -0.25) is 9.59 Å². The van der Waals surface area contributed by atoms with E-state index in [1.54, 1.807) is 12.1 Å². The van der Waals surface area contributed by atoms with Crippen LogP contribution in [-0.4, -0.2) is 76.2 Å². The van der Waals surface area contributed by atoms with Crippen molar-refractivity contribution < 1.29 is 23.8 Å². The van der Waals surface area contributed by atoms with Crippen LogP contribution in [0.5, 0.6) is 17.2 Å². The second-order valence-corrected chi connectivity index (χ2v) is 10.1. The molecule has 34 heavy (non-hydrogen) atoms. The number of hydrogen-bond donors (Lipinski definition) is 1. The van der Waals surface area contributed by atoms with Gasteiger partial charge >= 0.3 is 0 Å². The molecule has 0 radical (unpaired) electrons. The molecule has 2 aromatic rings. The van der Waals surface area contributed by atoms with E-state index in [2.05, 4.69) is 24.2 Å². The number of piperazine rings is 1. The number of fused-ring (bicyclic) bond motifs is 1. The van der Waals surface area contributed by atoms with Crippen molar-refractivity contribution in [1.29, 1.82) is 0 Å². The summed E-state index contributed by atoms with van der Waals surface area (Å²) >= 11 is 1.53. The van der Waals surface area contributed by atoms with E-state index in [9.17, 15) is 9.59 Å². The van der Waals surface area contributed by atoms with E-state index in [1.165, 1.54) is 37.5 Å². The molecule has 1 saturated heterocycles. The summed E-state index contributed by atoms with van der Waals surface area (Å²) in [7, 11) is 6.62. The number of benzene rings is 1. The van der Waals surface area contributed by atoms with E-state index in [0.29, 0.717) is 52.4 Å². The van der Waals surface area contributed by atoms with Crippen molar-refractivity contribution >= 4 is 28.2 Å². The minimum absolute atomic E-state index is 0.0142. The number of thiophene rings is 1. The molecule has 1 N–H and O–H groups in total.